The Bertz CT molecular complexity index is 1560. The van der Waals surface area contributed by atoms with E-state index in [-0.39, 0.29) is 10.6 Å². The Kier molecular flexibility index (Phi) is 6.32. The number of rotatable bonds is 8. The van der Waals surface area contributed by atoms with Crippen molar-refractivity contribution in [3.63, 3.8) is 0 Å². The van der Waals surface area contributed by atoms with E-state index < -0.39 is 31.6 Å². The van der Waals surface area contributed by atoms with Gasteiger partial charge in [-0.2, -0.15) is 8.42 Å². The molecule has 2 aromatic heterocycles. The molecule has 0 amide bonds. The molecule has 0 atom stereocenters. The highest BCUT2D eigenvalue weighted by Gasteiger charge is 2.30. The van der Waals surface area contributed by atoms with E-state index in [1.54, 1.807) is 16.7 Å². The monoisotopic (exact) mass is 519 g/mol. The number of carbonyl (C=O) groups excluding carboxylic acids is 1. The van der Waals surface area contributed by atoms with Crippen molar-refractivity contribution >= 4 is 44.1 Å². The maximum atomic E-state index is 12.9. The first-order chi connectivity index (χ1) is 16.7. The minimum atomic E-state index is -4.68. The normalized spacial score (nSPS) is 11.3. The van der Waals surface area contributed by atoms with Gasteiger partial charge in [-0.3, -0.25) is 14.7 Å². The molecule has 0 unspecified atom stereocenters. The zero-order valence-electron chi connectivity index (χ0n) is 18.5. The summed E-state index contributed by atoms with van der Waals surface area (Å²) in [5.74, 6) is -0.303. The highest BCUT2D eigenvalue weighted by Crippen LogP contribution is 2.38. The van der Waals surface area contributed by atoms with Crippen LogP contribution in [-0.4, -0.2) is 50.2 Å². The van der Waals surface area contributed by atoms with Gasteiger partial charge in [-0.25, -0.2) is 9.78 Å². The van der Waals surface area contributed by atoms with Crippen molar-refractivity contribution in [2.75, 3.05) is 21.3 Å². The lowest BCUT2D eigenvalue weighted by Crippen LogP contribution is -2.13. The molecule has 0 N–H and O–H groups in total. The number of benzene rings is 2. The molecule has 0 saturated carbocycles. The number of carbonyl (C=O) groups is 1. The molecule has 14 heteroatoms. The predicted octanol–water partition coefficient (Wildman–Crippen LogP) is 3.57. The van der Waals surface area contributed by atoms with Crippen molar-refractivity contribution in [2.24, 2.45) is 0 Å². The number of nitro benzene ring substituents is 1. The second-order valence-corrected chi connectivity index (χ2v) is 9.39. The van der Waals surface area contributed by atoms with E-state index in [1.165, 1.54) is 38.7 Å². The second kappa shape index (κ2) is 9.23. The van der Waals surface area contributed by atoms with Gasteiger partial charge in [0.2, 0.25) is 0 Å². The molecule has 0 aliphatic heterocycles. The van der Waals surface area contributed by atoms with Gasteiger partial charge in [0.1, 0.15) is 11.3 Å². The van der Waals surface area contributed by atoms with Crippen molar-refractivity contribution in [3.05, 3.63) is 63.8 Å². The van der Waals surface area contributed by atoms with Gasteiger partial charge in [0.05, 0.1) is 37.3 Å². The Morgan fingerprint density at radius 1 is 1.06 bits per heavy atom. The molecule has 0 bridgehead atoms. The smallest absolute Gasteiger partial charge is 0.352 e. The SMILES string of the molecule is COC(=O)c1sc(-n2cnc3cc(OC)c(OC)cc32)cc1OS(=O)(=O)c1ccccc1[N+](=O)[O-]. The average Bonchev–Trinajstić information content (AvgIpc) is 3.45. The number of nitrogens with zero attached hydrogens (tertiary/aromatic N) is 3. The zero-order chi connectivity index (χ0) is 25.3. The van der Waals surface area contributed by atoms with Crippen LogP contribution in [0.15, 0.2) is 53.7 Å². The van der Waals surface area contributed by atoms with Crippen LogP contribution in [0, 0.1) is 10.1 Å². The van der Waals surface area contributed by atoms with Crippen LogP contribution >= 0.6 is 11.3 Å². The molecule has 35 heavy (non-hydrogen) atoms. The molecule has 0 aliphatic rings. The van der Waals surface area contributed by atoms with Crippen LogP contribution in [-0.2, 0) is 14.9 Å². The summed E-state index contributed by atoms with van der Waals surface area (Å²) in [6, 6.07) is 9.37. The van der Waals surface area contributed by atoms with Crippen molar-refractivity contribution in [2.45, 2.75) is 4.90 Å². The fraction of sp³-hybridized carbons (Fsp3) is 0.143. The van der Waals surface area contributed by atoms with E-state index >= 15 is 0 Å². The molecule has 0 spiro atoms. The summed E-state index contributed by atoms with van der Waals surface area (Å²) in [5, 5.41) is 11.7. The van der Waals surface area contributed by atoms with Crippen molar-refractivity contribution < 1.29 is 36.5 Å². The molecule has 2 heterocycles. The Hall–Kier alpha value is -4.17. The topological polar surface area (TPSA) is 149 Å². The number of hydrogen-bond acceptors (Lipinski definition) is 11. The van der Waals surface area contributed by atoms with E-state index in [1.807, 2.05) is 0 Å². The Morgan fingerprint density at radius 2 is 1.74 bits per heavy atom. The molecule has 0 aliphatic carbocycles. The molecule has 4 rings (SSSR count). The molecular formula is C21H17N3O9S2. The number of thiophene rings is 1. The number of nitro groups is 1. The maximum absolute atomic E-state index is 12.9. The van der Waals surface area contributed by atoms with Gasteiger partial charge in [-0.05, 0) is 6.07 Å². The Morgan fingerprint density at radius 3 is 2.40 bits per heavy atom. The number of fused-ring (bicyclic) bond motifs is 1. The number of para-hydroxylation sites is 1. The first-order valence-corrected chi connectivity index (χ1v) is 11.9. The van der Waals surface area contributed by atoms with E-state index in [0.717, 1.165) is 30.6 Å². The van der Waals surface area contributed by atoms with Gasteiger partial charge in [0.25, 0.3) is 5.69 Å². The largest absolute Gasteiger partial charge is 0.493 e. The van der Waals surface area contributed by atoms with Gasteiger partial charge in [0.15, 0.2) is 27.0 Å². The average molecular weight is 520 g/mol. The third kappa shape index (κ3) is 4.36. The number of aromatic nitrogens is 2. The summed E-state index contributed by atoms with van der Waals surface area (Å²) < 4.78 is 48.1. The molecule has 2 aromatic carbocycles. The summed E-state index contributed by atoms with van der Waals surface area (Å²) >= 11 is 0.888. The fourth-order valence-corrected chi connectivity index (χ4v) is 5.41. The highest BCUT2D eigenvalue weighted by atomic mass is 32.2. The van der Waals surface area contributed by atoms with Gasteiger partial charge >= 0.3 is 16.1 Å². The molecule has 182 valence electrons. The lowest BCUT2D eigenvalue weighted by Gasteiger charge is -2.08. The summed E-state index contributed by atoms with van der Waals surface area (Å²) in [7, 11) is -0.578. The molecule has 12 nitrogen and oxygen atoms in total. The van der Waals surface area contributed by atoms with Crippen molar-refractivity contribution in [1.82, 2.24) is 9.55 Å². The van der Waals surface area contributed by atoms with E-state index in [2.05, 4.69) is 4.98 Å². The molecular weight excluding hydrogens is 502 g/mol. The van der Waals surface area contributed by atoms with Crippen LogP contribution in [0.25, 0.3) is 16.0 Å². The van der Waals surface area contributed by atoms with Gasteiger partial charge in [-0.1, -0.05) is 12.1 Å². The molecule has 4 aromatic rings. The van der Waals surface area contributed by atoms with Crippen LogP contribution in [0.1, 0.15) is 9.67 Å². The van der Waals surface area contributed by atoms with Crippen LogP contribution in [0.4, 0.5) is 5.69 Å². The van der Waals surface area contributed by atoms with E-state index in [4.69, 9.17) is 18.4 Å². The van der Waals surface area contributed by atoms with Crippen LogP contribution in [0.3, 0.4) is 0 Å². The maximum Gasteiger partial charge on any atom is 0.352 e. The van der Waals surface area contributed by atoms with Crippen LogP contribution < -0.4 is 13.7 Å². The molecule has 0 radical (unpaired) electrons. The first kappa shape index (κ1) is 24.0. The first-order valence-electron chi connectivity index (χ1n) is 9.69. The van der Waals surface area contributed by atoms with Gasteiger partial charge < -0.3 is 18.4 Å². The second-order valence-electron chi connectivity index (χ2n) is 6.84. The third-order valence-electron chi connectivity index (χ3n) is 4.88. The van der Waals surface area contributed by atoms with Crippen molar-refractivity contribution in [1.29, 1.82) is 0 Å². The number of esters is 1. The highest BCUT2D eigenvalue weighted by molar-refractivity contribution is 7.87. The van der Waals surface area contributed by atoms with Crippen molar-refractivity contribution in [3.8, 4) is 22.2 Å². The lowest BCUT2D eigenvalue weighted by molar-refractivity contribution is -0.387. The molecule has 0 fully saturated rings. The molecule has 0 saturated heterocycles. The summed E-state index contributed by atoms with van der Waals surface area (Å²) in [4.78, 5) is 26.4. The Labute approximate surface area is 202 Å². The third-order valence-corrected chi connectivity index (χ3v) is 7.26. The Balaban J connectivity index is 1.83. The van der Waals surface area contributed by atoms with Gasteiger partial charge in [0, 0.05) is 24.3 Å². The summed E-state index contributed by atoms with van der Waals surface area (Å²) in [6.07, 6.45) is 1.47. The minimum Gasteiger partial charge on any atom is -0.493 e. The zero-order valence-corrected chi connectivity index (χ0v) is 20.1. The standard InChI is InChI=1S/C21H17N3O9S2/c1-30-15-8-12-14(9-16(15)31-2)23(11-22-12)19-10-17(20(34-19)21(25)32-3)33-35(28,29)18-7-5-4-6-13(18)24(26)27/h4-11H,1-3H3. The fourth-order valence-electron chi connectivity index (χ4n) is 3.27. The summed E-state index contributed by atoms with van der Waals surface area (Å²) in [6.45, 7) is 0. The number of methoxy groups -OCH3 is 3. The predicted molar refractivity (Wildman–Crippen MR) is 124 cm³/mol. The minimum absolute atomic E-state index is 0.160. The number of ether oxygens (including phenoxy) is 3. The van der Waals surface area contributed by atoms with Crippen LogP contribution in [0.5, 0.6) is 17.2 Å². The lowest BCUT2D eigenvalue weighted by atomic mass is 10.2. The van der Waals surface area contributed by atoms with E-state index in [0.29, 0.717) is 27.5 Å². The quantitative estimate of drug-likeness (QED) is 0.146. The summed E-state index contributed by atoms with van der Waals surface area (Å²) in [5.41, 5.74) is 0.461. The van der Waals surface area contributed by atoms with Crippen LogP contribution in [0.2, 0.25) is 0 Å². The number of imidazole rings is 1. The number of hydrogen-bond donors (Lipinski definition) is 0. The van der Waals surface area contributed by atoms with Gasteiger partial charge in [-0.15, -0.1) is 11.3 Å². The van der Waals surface area contributed by atoms with E-state index in [9.17, 15) is 23.3 Å².